The van der Waals surface area contributed by atoms with E-state index in [9.17, 15) is 13.2 Å². The summed E-state index contributed by atoms with van der Waals surface area (Å²) in [6.45, 7) is 8.86. The SMILES string of the molecule is CCCN(CCC)S(=O)(=O)c1ccc(NC(=S)NC(=O)c2cccc(OC(C)CC)c2)cc1. The van der Waals surface area contributed by atoms with E-state index in [-0.39, 0.29) is 22.0 Å². The van der Waals surface area contributed by atoms with E-state index in [2.05, 4.69) is 10.6 Å². The van der Waals surface area contributed by atoms with E-state index in [1.165, 1.54) is 16.4 Å². The lowest BCUT2D eigenvalue weighted by atomic mass is 10.2. The van der Waals surface area contributed by atoms with Crippen molar-refractivity contribution in [1.29, 1.82) is 0 Å². The molecule has 0 saturated carbocycles. The number of hydrogen-bond acceptors (Lipinski definition) is 5. The highest BCUT2D eigenvalue weighted by molar-refractivity contribution is 7.89. The minimum absolute atomic E-state index is 0.0499. The molecule has 0 aliphatic carbocycles. The molecule has 0 spiro atoms. The Hall–Kier alpha value is -2.49. The van der Waals surface area contributed by atoms with Crippen LogP contribution in [0.25, 0.3) is 0 Å². The molecule has 2 aromatic rings. The van der Waals surface area contributed by atoms with E-state index in [0.717, 1.165) is 19.3 Å². The molecule has 0 aromatic heterocycles. The van der Waals surface area contributed by atoms with Crippen LogP contribution < -0.4 is 15.4 Å². The summed E-state index contributed by atoms with van der Waals surface area (Å²) in [5, 5.41) is 5.67. The molecule has 2 rings (SSSR count). The van der Waals surface area contributed by atoms with Gasteiger partial charge in [0.15, 0.2) is 5.11 Å². The fourth-order valence-corrected chi connectivity index (χ4v) is 4.91. The van der Waals surface area contributed by atoms with Crippen LogP contribution in [0.4, 0.5) is 5.69 Å². The fraction of sp³-hybridized carbons (Fsp3) is 0.417. The molecule has 1 amide bonds. The maximum absolute atomic E-state index is 12.9. The third-order valence-corrected chi connectivity index (χ3v) is 7.05. The average molecular weight is 492 g/mol. The Kier molecular flexibility index (Phi) is 10.3. The summed E-state index contributed by atoms with van der Waals surface area (Å²) in [6, 6.07) is 13.2. The standard InChI is InChI=1S/C24H33N3O4S2/c1-5-15-27(16-6-2)33(29,30)22-13-11-20(12-14-22)25-24(32)26-23(28)19-9-8-10-21(17-19)31-18(4)7-3/h8-14,17-18H,5-7,15-16H2,1-4H3,(H2,25,26,28,32). The predicted molar refractivity (Wildman–Crippen MR) is 136 cm³/mol. The highest BCUT2D eigenvalue weighted by Crippen LogP contribution is 2.20. The second kappa shape index (κ2) is 12.7. The molecule has 9 heteroatoms. The molecule has 2 aromatic carbocycles. The van der Waals surface area contributed by atoms with Gasteiger partial charge in [-0.1, -0.05) is 26.8 Å². The number of anilines is 1. The van der Waals surface area contributed by atoms with Crippen LogP contribution in [-0.2, 0) is 10.0 Å². The van der Waals surface area contributed by atoms with Crippen molar-refractivity contribution >= 4 is 38.9 Å². The molecule has 0 bridgehead atoms. The second-order valence-corrected chi connectivity index (χ2v) is 10.0. The number of carbonyl (C=O) groups is 1. The van der Waals surface area contributed by atoms with Gasteiger partial charge >= 0.3 is 0 Å². The minimum Gasteiger partial charge on any atom is -0.491 e. The summed E-state index contributed by atoms with van der Waals surface area (Å²) < 4.78 is 33.0. The Morgan fingerprint density at radius 1 is 1.06 bits per heavy atom. The summed E-state index contributed by atoms with van der Waals surface area (Å²) in [5.74, 6) is 0.254. The number of nitrogens with zero attached hydrogens (tertiary/aromatic N) is 1. The normalized spacial score (nSPS) is 12.3. The monoisotopic (exact) mass is 491 g/mol. The number of ether oxygens (including phenoxy) is 1. The maximum atomic E-state index is 12.9. The van der Waals surface area contributed by atoms with Crippen LogP contribution in [0.2, 0.25) is 0 Å². The average Bonchev–Trinajstić information content (AvgIpc) is 2.79. The Morgan fingerprint density at radius 2 is 1.70 bits per heavy atom. The van der Waals surface area contributed by atoms with Crippen molar-refractivity contribution in [3.63, 3.8) is 0 Å². The summed E-state index contributed by atoms with van der Waals surface area (Å²) in [6.07, 6.45) is 2.41. The smallest absolute Gasteiger partial charge is 0.257 e. The number of benzene rings is 2. The van der Waals surface area contributed by atoms with Gasteiger partial charge in [0.1, 0.15) is 5.75 Å². The van der Waals surface area contributed by atoms with Gasteiger partial charge in [0.25, 0.3) is 5.91 Å². The van der Waals surface area contributed by atoms with Gasteiger partial charge in [0.05, 0.1) is 11.0 Å². The first-order valence-electron chi connectivity index (χ1n) is 11.2. The van der Waals surface area contributed by atoms with Crippen LogP contribution in [0.3, 0.4) is 0 Å². The van der Waals surface area contributed by atoms with Crippen molar-refractivity contribution in [3.05, 3.63) is 54.1 Å². The summed E-state index contributed by atoms with van der Waals surface area (Å²) in [5.41, 5.74) is 0.999. The molecular weight excluding hydrogens is 458 g/mol. The molecule has 0 fully saturated rings. The van der Waals surface area contributed by atoms with Gasteiger partial charge in [-0.05, 0) is 80.9 Å². The zero-order valence-corrected chi connectivity index (χ0v) is 21.3. The van der Waals surface area contributed by atoms with E-state index < -0.39 is 10.0 Å². The minimum atomic E-state index is -3.55. The maximum Gasteiger partial charge on any atom is 0.257 e. The topological polar surface area (TPSA) is 87.7 Å². The molecule has 1 unspecified atom stereocenters. The molecule has 0 aliphatic rings. The molecule has 33 heavy (non-hydrogen) atoms. The van der Waals surface area contributed by atoms with E-state index >= 15 is 0 Å². The van der Waals surface area contributed by atoms with Gasteiger partial charge in [-0.2, -0.15) is 4.31 Å². The zero-order chi connectivity index (χ0) is 24.4. The highest BCUT2D eigenvalue weighted by atomic mass is 32.2. The first-order chi connectivity index (χ1) is 15.7. The molecule has 0 saturated heterocycles. The van der Waals surface area contributed by atoms with Gasteiger partial charge in [-0.25, -0.2) is 8.42 Å². The summed E-state index contributed by atoms with van der Waals surface area (Å²) in [4.78, 5) is 12.8. The number of nitrogens with one attached hydrogen (secondary N) is 2. The van der Waals surface area contributed by atoms with E-state index in [0.29, 0.717) is 30.1 Å². The van der Waals surface area contributed by atoms with Crippen LogP contribution in [0.5, 0.6) is 5.75 Å². The van der Waals surface area contributed by atoms with Gasteiger partial charge in [0.2, 0.25) is 10.0 Å². The molecule has 1 atom stereocenters. The van der Waals surface area contributed by atoms with Crippen molar-refractivity contribution in [2.75, 3.05) is 18.4 Å². The van der Waals surface area contributed by atoms with Crippen molar-refractivity contribution < 1.29 is 17.9 Å². The Labute approximate surface area is 202 Å². The summed E-state index contributed by atoms with van der Waals surface area (Å²) in [7, 11) is -3.55. The quantitative estimate of drug-likeness (QED) is 0.439. The zero-order valence-electron chi connectivity index (χ0n) is 19.6. The molecule has 2 N–H and O–H groups in total. The van der Waals surface area contributed by atoms with E-state index in [1.54, 1.807) is 36.4 Å². The largest absolute Gasteiger partial charge is 0.491 e. The summed E-state index contributed by atoms with van der Waals surface area (Å²) >= 11 is 5.25. The molecule has 7 nitrogen and oxygen atoms in total. The van der Waals surface area contributed by atoms with Crippen LogP contribution >= 0.6 is 12.2 Å². The first-order valence-corrected chi connectivity index (χ1v) is 13.0. The molecule has 180 valence electrons. The van der Waals surface area contributed by atoms with Gasteiger partial charge in [-0.15, -0.1) is 0 Å². The lowest BCUT2D eigenvalue weighted by Crippen LogP contribution is -2.34. The van der Waals surface area contributed by atoms with Gasteiger partial charge in [-0.3, -0.25) is 10.1 Å². The van der Waals surface area contributed by atoms with Crippen LogP contribution in [0.1, 0.15) is 57.3 Å². The first kappa shape index (κ1) is 26.8. The second-order valence-electron chi connectivity index (χ2n) is 7.70. The Balaban J connectivity index is 2.02. The predicted octanol–water partition coefficient (Wildman–Crippen LogP) is 4.80. The number of sulfonamides is 1. The van der Waals surface area contributed by atoms with Crippen LogP contribution in [-0.4, -0.2) is 42.9 Å². The fourth-order valence-electron chi connectivity index (χ4n) is 3.07. The lowest BCUT2D eigenvalue weighted by Gasteiger charge is -2.21. The van der Waals surface area contributed by atoms with Crippen LogP contribution in [0, 0.1) is 0 Å². The van der Waals surface area contributed by atoms with Crippen molar-refractivity contribution in [2.24, 2.45) is 0 Å². The van der Waals surface area contributed by atoms with Gasteiger partial charge in [0, 0.05) is 24.3 Å². The highest BCUT2D eigenvalue weighted by Gasteiger charge is 2.22. The van der Waals surface area contributed by atoms with Gasteiger partial charge < -0.3 is 10.1 Å². The third kappa shape index (κ3) is 7.80. The van der Waals surface area contributed by atoms with Crippen molar-refractivity contribution in [2.45, 2.75) is 58.0 Å². The number of rotatable bonds is 11. The van der Waals surface area contributed by atoms with E-state index in [4.69, 9.17) is 17.0 Å². The number of amides is 1. The Morgan fingerprint density at radius 3 is 2.27 bits per heavy atom. The molecular formula is C24H33N3O4S2. The van der Waals surface area contributed by atoms with Crippen molar-refractivity contribution in [3.8, 4) is 5.75 Å². The number of hydrogen-bond donors (Lipinski definition) is 2. The van der Waals surface area contributed by atoms with E-state index in [1.807, 2.05) is 27.7 Å². The van der Waals surface area contributed by atoms with Crippen molar-refractivity contribution in [1.82, 2.24) is 9.62 Å². The third-order valence-electron chi connectivity index (χ3n) is 4.93. The lowest BCUT2D eigenvalue weighted by molar-refractivity contribution is 0.0977. The molecule has 0 aliphatic heterocycles. The Bertz CT molecular complexity index is 1030. The molecule has 0 heterocycles. The number of carbonyl (C=O) groups excluding carboxylic acids is 1. The van der Waals surface area contributed by atoms with Crippen LogP contribution in [0.15, 0.2) is 53.4 Å². The number of thiocarbonyl (C=S) groups is 1. The molecule has 0 radical (unpaired) electrons.